The van der Waals surface area contributed by atoms with E-state index in [1.165, 1.54) is 12.1 Å². The summed E-state index contributed by atoms with van der Waals surface area (Å²) in [5, 5.41) is 0. The molecule has 0 fully saturated rings. The van der Waals surface area contributed by atoms with Gasteiger partial charge in [-0.15, -0.1) is 0 Å². The van der Waals surface area contributed by atoms with E-state index in [0.717, 1.165) is 0 Å². The van der Waals surface area contributed by atoms with E-state index in [9.17, 15) is 0 Å². The topological polar surface area (TPSA) is 60.7 Å². The van der Waals surface area contributed by atoms with Crippen LogP contribution in [-0.2, 0) is 0 Å². The van der Waals surface area contributed by atoms with Crippen LogP contribution in [0, 0.1) is 0 Å². The Kier molecular flexibility index (Phi) is 2.11. The zero-order valence-corrected chi connectivity index (χ0v) is 7.33. The van der Waals surface area contributed by atoms with E-state index >= 15 is 0 Å². The van der Waals surface area contributed by atoms with Gasteiger partial charge in [0.15, 0.2) is 0 Å². The molecule has 0 aliphatic heterocycles. The molecular formula is C6H9AsO3. The van der Waals surface area contributed by atoms with Gasteiger partial charge in [0.25, 0.3) is 0 Å². The molecule has 4 heteroatoms. The van der Waals surface area contributed by atoms with E-state index in [1.54, 1.807) is 18.2 Å². The van der Waals surface area contributed by atoms with Gasteiger partial charge in [-0.1, -0.05) is 0 Å². The first kappa shape index (κ1) is 7.76. The quantitative estimate of drug-likeness (QED) is 0.490. The molecule has 0 aromatic heterocycles. The third kappa shape index (κ3) is 1.82. The van der Waals surface area contributed by atoms with Crippen molar-refractivity contribution in [3.63, 3.8) is 0 Å². The summed E-state index contributed by atoms with van der Waals surface area (Å²) < 4.78 is 26.6. The van der Waals surface area contributed by atoms with Crippen molar-refractivity contribution in [1.82, 2.24) is 0 Å². The molecule has 0 unspecified atom stereocenters. The molecule has 0 heterocycles. The Morgan fingerprint density at radius 3 is 1.70 bits per heavy atom. The van der Waals surface area contributed by atoms with E-state index in [2.05, 4.69) is 0 Å². The van der Waals surface area contributed by atoms with Crippen LogP contribution in [0.4, 0.5) is 0 Å². The van der Waals surface area contributed by atoms with Gasteiger partial charge in [0.2, 0.25) is 0 Å². The molecule has 0 radical (unpaired) electrons. The van der Waals surface area contributed by atoms with E-state index in [1.807, 2.05) is 0 Å². The molecule has 0 atom stereocenters. The van der Waals surface area contributed by atoms with E-state index in [0.29, 0.717) is 0 Å². The molecule has 10 heavy (non-hydrogen) atoms. The first-order chi connectivity index (χ1) is 4.61. The van der Waals surface area contributed by atoms with Crippen LogP contribution in [-0.4, -0.2) is 26.9 Å². The van der Waals surface area contributed by atoms with Crippen LogP contribution in [0.1, 0.15) is 0 Å². The van der Waals surface area contributed by atoms with Gasteiger partial charge in [0, 0.05) is 0 Å². The zero-order chi connectivity index (χ0) is 7.61. The Balaban J connectivity index is 2.97. The summed E-state index contributed by atoms with van der Waals surface area (Å²) in [6.07, 6.45) is 0. The summed E-state index contributed by atoms with van der Waals surface area (Å²) in [5.74, 6) is 0. The fraction of sp³-hybridized carbons (Fsp3) is 0. The number of hydrogen-bond acceptors (Lipinski definition) is 3. The van der Waals surface area contributed by atoms with E-state index < -0.39 is 14.6 Å². The summed E-state index contributed by atoms with van der Waals surface area (Å²) in [5.41, 5.74) is 0. The Morgan fingerprint density at radius 2 is 1.40 bits per heavy atom. The number of rotatable bonds is 1. The summed E-state index contributed by atoms with van der Waals surface area (Å²) in [6.45, 7) is 0. The predicted octanol–water partition coefficient (Wildman–Crippen LogP) is -1.46. The molecule has 0 bridgehead atoms. The maximum absolute atomic E-state index is 8.79. The molecule has 0 amide bonds. The molecule has 3 nitrogen and oxygen atoms in total. The Labute approximate surface area is 62.1 Å². The second-order valence-corrected chi connectivity index (χ2v) is 5.88. The molecule has 1 aromatic carbocycles. The summed E-state index contributed by atoms with van der Waals surface area (Å²) in [6, 6.07) is 8.05. The van der Waals surface area contributed by atoms with Gasteiger partial charge in [-0.25, -0.2) is 0 Å². The van der Waals surface area contributed by atoms with Crippen LogP contribution in [0.5, 0.6) is 0 Å². The minimum absolute atomic E-state index is 0.252. The second kappa shape index (κ2) is 2.72. The zero-order valence-electron chi connectivity index (χ0n) is 5.23. The van der Waals surface area contributed by atoms with Crippen LogP contribution in [0.15, 0.2) is 30.3 Å². The van der Waals surface area contributed by atoms with Gasteiger partial charge in [-0.05, 0) is 0 Å². The average Bonchev–Trinajstić information content (AvgIpc) is 1.88. The average molecular weight is 204 g/mol. The normalized spacial score (nSPS) is 13.1. The van der Waals surface area contributed by atoms with Gasteiger partial charge in [-0.3, -0.25) is 0 Å². The molecule has 0 aliphatic carbocycles. The van der Waals surface area contributed by atoms with Crippen molar-refractivity contribution in [3.8, 4) is 0 Å². The fourth-order valence-electron chi connectivity index (χ4n) is 0.662. The number of benzene rings is 1. The predicted molar refractivity (Wildman–Crippen MR) is 39.9 cm³/mol. The number of hydrogen-bond donors (Lipinski definition) is 3. The minimum atomic E-state index is -4.50. The molecule has 0 saturated carbocycles. The van der Waals surface area contributed by atoms with Crippen molar-refractivity contribution < 1.29 is 12.3 Å². The second-order valence-electron chi connectivity index (χ2n) is 2.00. The summed E-state index contributed by atoms with van der Waals surface area (Å²) >= 11 is -4.50. The summed E-state index contributed by atoms with van der Waals surface area (Å²) in [4.78, 5) is 0. The van der Waals surface area contributed by atoms with Crippen LogP contribution >= 0.6 is 0 Å². The molecule has 56 valence electrons. The molecule has 3 N–H and O–H groups in total. The Morgan fingerprint density at radius 1 is 0.900 bits per heavy atom. The van der Waals surface area contributed by atoms with Gasteiger partial charge < -0.3 is 0 Å². The van der Waals surface area contributed by atoms with Gasteiger partial charge in [0.1, 0.15) is 0 Å². The monoisotopic (exact) mass is 204 g/mol. The van der Waals surface area contributed by atoms with Crippen molar-refractivity contribution in [3.05, 3.63) is 30.3 Å². The first-order valence-corrected chi connectivity index (χ1v) is 6.70. The van der Waals surface area contributed by atoms with Gasteiger partial charge in [0.05, 0.1) is 0 Å². The molecular weight excluding hydrogens is 195 g/mol. The van der Waals surface area contributed by atoms with E-state index in [4.69, 9.17) is 12.3 Å². The van der Waals surface area contributed by atoms with Crippen molar-refractivity contribution >= 4 is 18.9 Å². The fourth-order valence-corrected chi connectivity index (χ4v) is 2.00. The maximum atomic E-state index is 8.79. The summed E-state index contributed by atoms with van der Waals surface area (Å²) in [7, 11) is 0. The molecule has 1 aromatic rings. The standard InChI is InChI=1S/C6H9AsO3/c8-7(9,10)6-4-2-1-3-5-6/h1-5,7-10H. The molecule has 0 spiro atoms. The van der Waals surface area contributed by atoms with Gasteiger partial charge >= 0.3 is 61.5 Å². The Hall–Kier alpha value is -0.342. The van der Waals surface area contributed by atoms with Crippen molar-refractivity contribution in [2.24, 2.45) is 0 Å². The van der Waals surface area contributed by atoms with Gasteiger partial charge in [-0.2, -0.15) is 0 Å². The van der Waals surface area contributed by atoms with E-state index in [-0.39, 0.29) is 4.35 Å². The van der Waals surface area contributed by atoms with Crippen LogP contribution in [0.3, 0.4) is 0 Å². The molecule has 0 aliphatic rings. The first-order valence-electron chi connectivity index (χ1n) is 2.83. The third-order valence-corrected chi connectivity index (χ3v) is 3.49. The van der Waals surface area contributed by atoms with Crippen molar-refractivity contribution in [2.45, 2.75) is 0 Å². The van der Waals surface area contributed by atoms with Crippen LogP contribution < -0.4 is 4.35 Å². The third-order valence-electron chi connectivity index (χ3n) is 1.16. The van der Waals surface area contributed by atoms with Crippen LogP contribution in [0.2, 0.25) is 0 Å². The van der Waals surface area contributed by atoms with Crippen molar-refractivity contribution in [2.75, 3.05) is 0 Å². The van der Waals surface area contributed by atoms with Crippen molar-refractivity contribution in [1.29, 1.82) is 0 Å². The molecule has 0 saturated heterocycles. The Bertz CT molecular complexity index is 204. The van der Waals surface area contributed by atoms with Crippen LogP contribution in [0.25, 0.3) is 0 Å². The molecule has 1 rings (SSSR count). The SMILES string of the molecule is O[AsH](O)(O)c1ccccc1.